The Balaban J connectivity index is 1.42. The van der Waals surface area contributed by atoms with E-state index in [2.05, 4.69) is 43.0 Å². The number of benzene rings is 1. The van der Waals surface area contributed by atoms with E-state index in [-0.39, 0.29) is 5.56 Å². The molecular weight excluding hydrogens is 394 g/mol. The predicted molar refractivity (Wildman–Crippen MR) is 122 cm³/mol. The number of anilines is 4. The molecule has 0 saturated carbocycles. The number of nitrogens with zero attached hydrogens (tertiary/aromatic N) is 3. The number of ether oxygens (including phenoxy) is 1. The smallest absolute Gasteiger partial charge is 0.262 e. The molecule has 31 heavy (non-hydrogen) atoms. The third-order valence-electron chi connectivity index (χ3n) is 5.78. The maximum Gasteiger partial charge on any atom is 0.262 e. The third kappa shape index (κ3) is 4.47. The summed E-state index contributed by atoms with van der Waals surface area (Å²) in [5.41, 5.74) is 2.42. The Kier molecular flexibility index (Phi) is 5.68. The second-order valence-corrected chi connectivity index (χ2v) is 7.94. The fraction of sp³-hybridized carbons (Fsp3) is 0.409. The average Bonchev–Trinajstić information content (AvgIpc) is 2.81. The van der Waals surface area contributed by atoms with Crippen molar-refractivity contribution in [3.63, 3.8) is 0 Å². The number of aromatic nitrogens is 3. The molecule has 0 radical (unpaired) electrons. The standard InChI is InChI=1S/C22H27N7O2/c30-22-20-18(24-14-25-22)12-19(26-16-2-1-7-23-13-16)28-21(20)27-15-3-5-17(6-4-15)29-8-10-31-11-9-29/h3-6,12,14,16,23H,1-2,7-11,13H2,(H,24,25,30)(H2,26,27,28)/t16-/m1/s1. The molecule has 3 aromatic rings. The van der Waals surface area contributed by atoms with Crippen LogP contribution in [0, 0.1) is 0 Å². The molecule has 2 fully saturated rings. The van der Waals surface area contributed by atoms with E-state index in [9.17, 15) is 4.79 Å². The number of hydrogen-bond donors (Lipinski definition) is 4. The van der Waals surface area contributed by atoms with Crippen molar-refractivity contribution < 1.29 is 4.74 Å². The third-order valence-corrected chi connectivity index (χ3v) is 5.78. The Morgan fingerprint density at radius 3 is 2.77 bits per heavy atom. The molecule has 2 saturated heterocycles. The monoisotopic (exact) mass is 421 g/mol. The van der Waals surface area contributed by atoms with Gasteiger partial charge in [-0.05, 0) is 43.7 Å². The van der Waals surface area contributed by atoms with Crippen LogP contribution in [0.25, 0.3) is 10.9 Å². The highest BCUT2D eigenvalue weighted by atomic mass is 16.5. The van der Waals surface area contributed by atoms with Crippen LogP contribution in [-0.2, 0) is 4.74 Å². The van der Waals surface area contributed by atoms with E-state index in [1.54, 1.807) is 0 Å². The van der Waals surface area contributed by atoms with Gasteiger partial charge in [-0.15, -0.1) is 0 Å². The summed E-state index contributed by atoms with van der Waals surface area (Å²) in [6.45, 7) is 5.24. The van der Waals surface area contributed by atoms with Gasteiger partial charge < -0.3 is 30.6 Å². The van der Waals surface area contributed by atoms with E-state index in [4.69, 9.17) is 9.72 Å². The Labute approximate surface area is 180 Å². The van der Waals surface area contributed by atoms with Crippen LogP contribution in [0.1, 0.15) is 12.8 Å². The van der Waals surface area contributed by atoms with Crippen molar-refractivity contribution in [2.24, 2.45) is 0 Å². The minimum atomic E-state index is -0.212. The van der Waals surface area contributed by atoms with Gasteiger partial charge in [-0.25, -0.2) is 9.97 Å². The molecule has 0 bridgehead atoms. The minimum absolute atomic E-state index is 0.212. The first-order valence-corrected chi connectivity index (χ1v) is 10.8. The minimum Gasteiger partial charge on any atom is -0.378 e. The van der Waals surface area contributed by atoms with Crippen molar-refractivity contribution in [3.8, 4) is 0 Å². The van der Waals surface area contributed by atoms with E-state index in [1.807, 2.05) is 18.2 Å². The van der Waals surface area contributed by atoms with Crippen LogP contribution in [0.3, 0.4) is 0 Å². The molecule has 0 aliphatic carbocycles. The van der Waals surface area contributed by atoms with E-state index in [0.717, 1.165) is 63.6 Å². The maximum absolute atomic E-state index is 12.5. The van der Waals surface area contributed by atoms with Gasteiger partial charge >= 0.3 is 0 Å². The number of hydrogen-bond acceptors (Lipinski definition) is 8. The summed E-state index contributed by atoms with van der Waals surface area (Å²) in [7, 11) is 0. The molecule has 5 rings (SSSR count). The zero-order valence-electron chi connectivity index (χ0n) is 17.4. The number of H-pyrrole nitrogens is 1. The molecule has 2 aliphatic heterocycles. The van der Waals surface area contributed by atoms with Crippen LogP contribution >= 0.6 is 0 Å². The quantitative estimate of drug-likeness (QED) is 0.496. The number of rotatable bonds is 5. The summed E-state index contributed by atoms with van der Waals surface area (Å²) in [5, 5.41) is 10.7. The van der Waals surface area contributed by atoms with Crippen LogP contribution < -0.4 is 26.4 Å². The van der Waals surface area contributed by atoms with Crippen LogP contribution in [0.4, 0.5) is 23.0 Å². The maximum atomic E-state index is 12.5. The zero-order valence-corrected chi connectivity index (χ0v) is 17.4. The SMILES string of the molecule is O=c1[nH]cnc2cc(N[C@@H]3CCCNC3)nc(Nc3ccc(N4CCOCC4)cc3)c12. The Bertz CT molecular complexity index is 1090. The molecule has 0 unspecified atom stereocenters. The van der Waals surface area contributed by atoms with Crippen molar-refractivity contribution in [2.75, 3.05) is 54.9 Å². The van der Waals surface area contributed by atoms with Crippen LogP contribution in [0.5, 0.6) is 0 Å². The molecule has 4 N–H and O–H groups in total. The number of morpholine rings is 1. The van der Waals surface area contributed by atoms with Gasteiger partial charge in [0.1, 0.15) is 17.0 Å². The van der Waals surface area contributed by atoms with Crippen LogP contribution in [-0.4, -0.2) is 60.4 Å². The lowest BCUT2D eigenvalue weighted by Crippen LogP contribution is -2.38. The summed E-state index contributed by atoms with van der Waals surface area (Å²) < 4.78 is 5.43. The lowest BCUT2D eigenvalue weighted by atomic mass is 10.1. The molecule has 0 amide bonds. The van der Waals surface area contributed by atoms with Gasteiger partial charge in [-0.2, -0.15) is 0 Å². The van der Waals surface area contributed by atoms with Crippen molar-refractivity contribution in [3.05, 3.63) is 47.0 Å². The van der Waals surface area contributed by atoms with E-state index < -0.39 is 0 Å². The van der Waals surface area contributed by atoms with Crippen molar-refractivity contribution in [1.29, 1.82) is 0 Å². The zero-order chi connectivity index (χ0) is 21.0. The Morgan fingerprint density at radius 1 is 1.16 bits per heavy atom. The largest absolute Gasteiger partial charge is 0.378 e. The van der Waals surface area contributed by atoms with E-state index in [0.29, 0.717) is 28.6 Å². The van der Waals surface area contributed by atoms with E-state index >= 15 is 0 Å². The Morgan fingerprint density at radius 2 is 2.00 bits per heavy atom. The average molecular weight is 422 g/mol. The summed E-state index contributed by atoms with van der Waals surface area (Å²) in [5.74, 6) is 1.21. The van der Waals surface area contributed by atoms with E-state index in [1.165, 1.54) is 6.33 Å². The molecule has 1 aromatic carbocycles. The van der Waals surface area contributed by atoms with Gasteiger partial charge in [0.15, 0.2) is 0 Å². The molecule has 2 aliphatic rings. The second kappa shape index (κ2) is 8.91. The number of pyridine rings is 1. The number of piperidine rings is 1. The van der Waals surface area contributed by atoms with Gasteiger partial charge in [0, 0.05) is 43.1 Å². The lowest BCUT2D eigenvalue weighted by molar-refractivity contribution is 0.122. The fourth-order valence-corrected chi connectivity index (χ4v) is 4.15. The summed E-state index contributed by atoms with van der Waals surface area (Å²) >= 11 is 0. The Hall–Kier alpha value is -3.17. The van der Waals surface area contributed by atoms with Gasteiger partial charge in [0.2, 0.25) is 0 Å². The van der Waals surface area contributed by atoms with Crippen LogP contribution in [0.15, 0.2) is 41.5 Å². The molecule has 4 heterocycles. The molecule has 0 spiro atoms. The first-order chi connectivity index (χ1) is 15.3. The van der Waals surface area contributed by atoms with Gasteiger partial charge in [-0.3, -0.25) is 4.79 Å². The van der Waals surface area contributed by atoms with Crippen molar-refractivity contribution in [1.82, 2.24) is 20.3 Å². The lowest BCUT2D eigenvalue weighted by Gasteiger charge is -2.29. The van der Waals surface area contributed by atoms with Crippen molar-refractivity contribution in [2.45, 2.75) is 18.9 Å². The molecule has 1 atom stereocenters. The molecular formula is C22H27N7O2. The number of nitrogens with one attached hydrogen (secondary N) is 4. The molecule has 9 heteroatoms. The predicted octanol–water partition coefficient (Wildman–Crippen LogP) is 2.06. The first kappa shape index (κ1) is 19.8. The number of fused-ring (bicyclic) bond motifs is 1. The van der Waals surface area contributed by atoms with Gasteiger partial charge in [0.25, 0.3) is 5.56 Å². The topological polar surface area (TPSA) is 107 Å². The highest BCUT2D eigenvalue weighted by molar-refractivity contribution is 5.92. The fourth-order valence-electron chi connectivity index (χ4n) is 4.15. The van der Waals surface area contributed by atoms with Crippen LogP contribution in [0.2, 0.25) is 0 Å². The van der Waals surface area contributed by atoms with Gasteiger partial charge in [-0.1, -0.05) is 0 Å². The summed E-state index contributed by atoms with van der Waals surface area (Å²) in [6.07, 6.45) is 3.64. The van der Waals surface area contributed by atoms with Gasteiger partial charge in [0.05, 0.1) is 25.1 Å². The molecule has 2 aromatic heterocycles. The number of aromatic amines is 1. The molecule has 162 valence electrons. The normalized spacial score (nSPS) is 19.4. The highest BCUT2D eigenvalue weighted by Gasteiger charge is 2.16. The highest BCUT2D eigenvalue weighted by Crippen LogP contribution is 2.26. The first-order valence-electron chi connectivity index (χ1n) is 10.8. The molecule has 9 nitrogen and oxygen atoms in total. The summed E-state index contributed by atoms with van der Waals surface area (Å²) in [6, 6.07) is 10.3. The van der Waals surface area contributed by atoms with Crippen molar-refractivity contribution >= 4 is 33.9 Å². The summed E-state index contributed by atoms with van der Waals surface area (Å²) in [4.78, 5) is 26.6. The second-order valence-electron chi connectivity index (χ2n) is 7.94.